The molecule has 1 fully saturated rings. The van der Waals surface area contributed by atoms with Gasteiger partial charge in [0.1, 0.15) is 6.26 Å². The molecule has 2 heterocycles. The highest BCUT2D eigenvalue weighted by atomic mass is 16.7. The van der Waals surface area contributed by atoms with Gasteiger partial charge in [-0.05, 0) is 31.6 Å². The minimum atomic E-state index is -1.06. The number of carbonyl (C=O) groups excluding carboxylic acids is 3. The molecule has 0 amide bonds. The molecule has 2 atom stereocenters. The van der Waals surface area contributed by atoms with Crippen LogP contribution < -0.4 is 0 Å². The first-order valence-electron chi connectivity index (χ1n) is 8.43. The fourth-order valence-corrected chi connectivity index (χ4v) is 3.11. The van der Waals surface area contributed by atoms with Crippen molar-refractivity contribution in [2.24, 2.45) is 5.41 Å². The first-order valence-corrected chi connectivity index (χ1v) is 8.43. The third-order valence-corrected chi connectivity index (χ3v) is 4.68. The van der Waals surface area contributed by atoms with Crippen molar-refractivity contribution in [1.29, 1.82) is 0 Å². The summed E-state index contributed by atoms with van der Waals surface area (Å²) in [6, 6.07) is 0. The van der Waals surface area contributed by atoms with Crippen molar-refractivity contribution in [3.05, 3.63) is 47.8 Å². The van der Waals surface area contributed by atoms with Crippen LogP contribution in [0, 0.1) is 5.41 Å². The van der Waals surface area contributed by atoms with Gasteiger partial charge in [0.05, 0.1) is 19.1 Å². The normalized spacial score (nSPS) is 27.2. The molecule has 0 aromatic rings. The second-order valence-electron chi connectivity index (χ2n) is 7.21. The first kappa shape index (κ1) is 20.5. The summed E-state index contributed by atoms with van der Waals surface area (Å²) in [5.41, 5.74) is -0.499. The molecule has 0 aromatic heterocycles. The van der Waals surface area contributed by atoms with Crippen molar-refractivity contribution in [2.75, 3.05) is 7.11 Å². The van der Waals surface area contributed by atoms with Gasteiger partial charge in [0.2, 0.25) is 0 Å². The monoisotopic (exact) mass is 376 g/mol. The molecule has 0 aromatic carbocycles. The van der Waals surface area contributed by atoms with Crippen molar-refractivity contribution < 1.29 is 33.3 Å². The zero-order valence-corrected chi connectivity index (χ0v) is 16.2. The van der Waals surface area contributed by atoms with E-state index < -0.39 is 29.2 Å². The number of hydrogen-bond donors (Lipinski definition) is 0. The number of methoxy groups -OCH3 is 1. The maximum absolute atomic E-state index is 12.1. The largest absolute Gasteiger partial charge is 0.465 e. The van der Waals surface area contributed by atoms with E-state index in [2.05, 4.69) is 6.58 Å². The Morgan fingerprint density at radius 3 is 2.48 bits per heavy atom. The highest BCUT2D eigenvalue weighted by molar-refractivity contribution is 5.91. The maximum Gasteiger partial charge on any atom is 0.340 e. The number of esters is 3. The second-order valence-corrected chi connectivity index (χ2v) is 7.21. The van der Waals surface area contributed by atoms with Crippen molar-refractivity contribution in [3.63, 3.8) is 0 Å². The minimum absolute atomic E-state index is 0.0610. The van der Waals surface area contributed by atoms with E-state index in [1.54, 1.807) is 19.9 Å². The van der Waals surface area contributed by atoms with E-state index in [-0.39, 0.29) is 18.0 Å². The first-order chi connectivity index (χ1) is 12.5. The van der Waals surface area contributed by atoms with Gasteiger partial charge in [0.15, 0.2) is 5.60 Å². The van der Waals surface area contributed by atoms with Gasteiger partial charge in [-0.25, -0.2) is 9.59 Å². The van der Waals surface area contributed by atoms with E-state index in [0.29, 0.717) is 11.1 Å². The average Bonchev–Trinajstić information content (AvgIpc) is 3.02. The summed E-state index contributed by atoms with van der Waals surface area (Å²) in [5.74, 6) is -1.48. The topological polar surface area (TPSA) is 88.1 Å². The molecule has 0 N–H and O–H groups in total. The molecule has 0 aliphatic carbocycles. The molecular formula is C20H24O7. The molecule has 2 aliphatic heterocycles. The zero-order chi connectivity index (χ0) is 20.4. The van der Waals surface area contributed by atoms with Crippen LogP contribution in [0.4, 0.5) is 0 Å². The van der Waals surface area contributed by atoms with E-state index in [4.69, 9.17) is 18.9 Å². The molecule has 7 heteroatoms. The van der Waals surface area contributed by atoms with Gasteiger partial charge in [-0.1, -0.05) is 20.4 Å². The third-order valence-electron chi connectivity index (χ3n) is 4.68. The fraction of sp³-hybridized carbons (Fsp3) is 0.450. The summed E-state index contributed by atoms with van der Waals surface area (Å²) in [5, 5.41) is 0. The van der Waals surface area contributed by atoms with Crippen LogP contribution >= 0.6 is 0 Å². The van der Waals surface area contributed by atoms with Gasteiger partial charge >= 0.3 is 17.9 Å². The molecule has 0 bridgehead atoms. The Kier molecular flexibility index (Phi) is 5.63. The molecule has 0 spiro atoms. The second kappa shape index (κ2) is 7.42. The van der Waals surface area contributed by atoms with E-state index in [0.717, 1.165) is 6.26 Å². The van der Waals surface area contributed by atoms with Gasteiger partial charge in [0.25, 0.3) is 6.29 Å². The summed E-state index contributed by atoms with van der Waals surface area (Å²) >= 11 is 0. The summed E-state index contributed by atoms with van der Waals surface area (Å²) in [7, 11) is 1.23. The van der Waals surface area contributed by atoms with E-state index in [9.17, 15) is 14.4 Å². The number of cyclic esters (lactones) is 2. The molecule has 1 saturated heterocycles. The van der Waals surface area contributed by atoms with Crippen LogP contribution in [0.15, 0.2) is 47.8 Å². The lowest BCUT2D eigenvalue weighted by Gasteiger charge is -2.37. The summed E-state index contributed by atoms with van der Waals surface area (Å²) in [4.78, 5) is 35.3. The van der Waals surface area contributed by atoms with Crippen LogP contribution in [-0.4, -0.2) is 36.9 Å². The van der Waals surface area contributed by atoms with Crippen molar-refractivity contribution in [3.8, 4) is 0 Å². The molecule has 27 heavy (non-hydrogen) atoms. The van der Waals surface area contributed by atoms with Crippen LogP contribution in [0.5, 0.6) is 0 Å². The van der Waals surface area contributed by atoms with Gasteiger partial charge in [-0.2, -0.15) is 0 Å². The predicted molar refractivity (Wildman–Crippen MR) is 96.0 cm³/mol. The Bertz CT molecular complexity index is 769. The fourth-order valence-electron chi connectivity index (χ4n) is 3.11. The SMILES string of the molecule is C=C(C)[C@@]1(/C=C/C(=C/O[C@H]2C=C(C)C(=O)O2)C(=O)OC)OC(=O)CC1(C)C. The molecule has 2 rings (SSSR count). The van der Waals surface area contributed by atoms with Crippen LogP contribution in [0.2, 0.25) is 0 Å². The van der Waals surface area contributed by atoms with Gasteiger partial charge < -0.3 is 18.9 Å². The summed E-state index contributed by atoms with van der Waals surface area (Å²) in [6.07, 6.45) is 5.00. The van der Waals surface area contributed by atoms with Crippen molar-refractivity contribution in [2.45, 2.75) is 46.0 Å². The maximum atomic E-state index is 12.1. The Balaban J connectivity index is 2.30. The standard InChI is InChI=1S/C20H24O7/c1-12(2)20(19(4,5)10-15(21)27-20)8-7-14(18(23)24-6)11-25-16-9-13(3)17(22)26-16/h7-9,11,16H,1,10H2,2-6H3/b8-7+,14-11-/t16-,20-/m1/s1. The van der Waals surface area contributed by atoms with Crippen molar-refractivity contribution in [1.82, 2.24) is 0 Å². The van der Waals surface area contributed by atoms with Gasteiger partial charge in [-0.3, -0.25) is 4.79 Å². The zero-order valence-electron chi connectivity index (χ0n) is 16.2. The molecular weight excluding hydrogens is 352 g/mol. The van der Waals surface area contributed by atoms with Crippen LogP contribution in [0.25, 0.3) is 0 Å². The minimum Gasteiger partial charge on any atom is -0.465 e. The molecule has 0 saturated carbocycles. The third kappa shape index (κ3) is 3.97. The van der Waals surface area contributed by atoms with Crippen molar-refractivity contribution >= 4 is 17.9 Å². The Hall–Kier alpha value is -2.83. The van der Waals surface area contributed by atoms with E-state index >= 15 is 0 Å². The molecule has 2 aliphatic rings. The van der Waals surface area contributed by atoms with E-state index in [1.807, 2.05) is 13.8 Å². The quantitative estimate of drug-likeness (QED) is 0.176. The average molecular weight is 376 g/mol. The number of rotatable bonds is 6. The number of hydrogen-bond acceptors (Lipinski definition) is 7. The molecule has 7 nitrogen and oxygen atoms in total. The predicted octanol–water partition coefficient (Wildman–Crippen LogP) is 2.73. The highest BCUT2D eigenvalue weighted by Crippen LogP contribution is 2.48. The molecule has 146 valence electrons. The number of carbonyl (C=O) groups is 3. The Morgan fingerprint density at radius 2 is 2.04 bits per heavy atom. The van der Waals surface area contributed by atoms with Crippen LogP contribution in [-0.2, 0) is 33.3 Å². The van der Waals surface area contributed by atoms with Gasteiger partial charge in [0, 0.05) is 17.1 Å². The summed E-state index contributed by atoms with van der Waals surface area (Å²) in [6.45, 7) is 11.1. The number of ether oxygens (including phenoxy) is 4. The summed E-state index contributed by atoms with van der Waals surface area (Å²) < 4.78 is 20.6. The lowest BCUT2D eigenvalue weighted by molar-refractivity contribution is -0.152. The molecule has 0 unspecified atom stereocenters. The van der Waals surface area contributed by atoms with Crippen LogP contribution in [0.3, 0.4) is 0 Å². The van der Waals surface area contributed by atoms with E-state index in [1.165, 1.54) is 19.3 Å². The molecule has 0 radical (unpaired) electrons. The highest BCUT2D eigenvalue weighted by Gasteiger charge is 2.54. The smallest absolute Gasteiger partial charge is 0.340 e. The van der Waals surface area contributed by atoms with Crippen LogP contribution in [0.1, 0.15) is 34.1 Å². The lowest BCUT2D eigenvalue weighted by atomic mass is 9.71. The Labute approximate surface area is 158 Å². The lowest BCUT2D eigenvalue weighted by Crippen LogP contribution is -2.40. The van der Waals surface area contributed by atoms with Gasteiger partial charge in [-0.15, -0.1) is 0 Å². The Morgan fingerprint density at radius 1 is 1.37 bits per heavy atom.